The van der Waals surface area contributed by atoms with E-state index in [9.17, 15) is 28.1 Å². The number of benzene rings is 2. The number of aryl methyl sites for hydroxylation is 3. The average molecular weight is 434 g/mol. The average Bonchev–Trinajstić information content (AvgIpc) is 3.03. The van der Waals surface area contributed by atoms with Gasteiger partial charge in [-0.15, -0.1) is 0 Å². The molecule has 0 saturated heterocycles. The zero-order valence-electron chi connectivity index (χ0n) is 16.6. The topological polar surface area (TPSA) is 99.3 Å². The van der Waals surface area contributed by atoms with Gasteiger partial charge in [-0.3, -0.25) is 19.6 Å². The Morgan fingerprint density at radius 2 is 1.68 bits per heavy atom. The van der Waals surface area contributed by atoms with Crippen LogP contribution in [0.4, 0.5) is 24.5 Å². The van der Waals surface area contributed by atoms with Crippen molar-refractivity contribution in [3.05, 3.63) is 75.1 Å². The number of carbonyl (C=O) groups is 1. The number of hydrogen-bond acceptors (Lipinski definition) is 5. The highest BCUT2D eigenvalue weighted by atomic mass is 19.4. The van der Waals surface area contributed by atoms with Crippen LogP contribution in [0.2, 0.25) is 0 Å². The predicted molar refractivity (Wildman–Crippen MR) is 105 cm³/mol. The summed E-state index contributed by atoms with van der Waals surface area (Å²) in [7, 11) is 1.06. The summed E-state index contributed by atoms with van der Waals surface area (Å²) in [5.41, 5.74) is -0.144. The van der Waals surface area contributed by atoms with Gasteiger partial charge < -0.3 is 10.1 Å². The summed E-state index contributed by atoms with van der Waals surface area (Å²) in [6, 6.07) is 9.56. The van der Waals surface area contributed by atoms with E-state index in [0.29, 0.717) is 16.5 Å². The van der Waals surface area contributed by atoms with E-state index in [2.05, 4.69) is 10.4 Å². The molecule has 2 aromatic carbocycles. The fourth-order valence-electron chi connectivity index (χ4n) is 2.99. The summed E-state index contributed by atoms with van der Waals surface area (Å²) in [5, 5.41) is 17.2. The normalized spacial score (nSPS) is 11.3. The highest BCUT2D eigenvalue weighted by molar-refractivity contribution is 6.03. The Balaban J connectivity index is 1.90. The SMILES string of the molecule is Cc1cc(C)cc(Oc2cc(NC(=O)c3cc(C(F)(F)F)n(C)n3)cc([N+](=O)[O-])c2)c1. The van der Waals surface area contributed by atoms with Crippen LogP contribution in [-0.2, 0) is 13.2 Å². The number of aromatic nitrogens is 2. The van der Waals surface area contributed by atoms with Crippen molar-refractivity contribution < 1.29 is 27.6 Å². The van der Waals surface area contributed by atoms with Crippen molar-refractivity contribution in [2.24, 2.45) is 7.05 Å². The predicted octanol–water partition coefficient (Wildman–Crippen LogP) is 5.01. The first-order valence-electron chi connectivity index (χ1n) is 8.90. The van der Waals surface area contributed by atoms with Crippen molar-refractivity contribution in [1.82, 2.24) is 9.78 Å². The Morgan fingerprint density at radius 1 is 1.06 bits per heavy atom. The first-order valence-corrected chi connectivity index (χ1v) is 8.90. The molecule has 3 aromatic rings. The maximum Gasteiger partial charge on any atom is 0.433 e. The smallest absolute Gasteiger partial charge is 0.433 e. The molecule has 31 heavy (non-hydrogen) atoms. The number of hydrogen-bond donors (Lipinski definition) is 1. The molecule has 0 spiro atoms. The number of ether oxygens (including phenoxy) is 1. The van der Waals surface area contributed by atoms with Gasteiger partial charge in [0.15, 0.2) is 5.69 Å². The van der Waals surface area contributed by atoms with E-state index in [0.717, 1.165) is 24.2 Å². The Hall–Kier alpha value is -3.89. The number of nitrogens with zero attached hydrogens (tertiary/aromatic N) is 3. The fourth-order valence-corrected chi connectivity index (χ4v) is 2.99. The Labute approximate surface area is 174 Å². The minimum Gasteiger partial charge on any atom is -0.457 e. The molecule has 1 amide bonds. The molecule has 0 aliphatic carbocycles. The first kappa shape index (κ1) is 21.8. The third kappa shape index (κ3) is 5.18. The lowest BCUT2D eigenvalue weighted by molar-refractivity contribution is -0.384. The van der Waals surface area contributed by atoms with Gasteiger partial charge in [0.1, 0.15) is 17.2 Å². The van der Waals surface area contributed by atoms with Gasteiger partial charge in [0.25, 0.3) is 11.6 Å². The van der Waals surface area contributed by atoms with Crippen LogP contribution in [0, 0.1) is 24.0 Å². The van der Waals surface area contributed by atoms with Crippen molar-refractivity contribution in [3.8, 4) is 11.5 Å². The Morgan fingerprint density at radius 3 is 2.23 bits per heavy atom. The van der Waals surface area contributed by atoms with Crippen molar-refractivity contribution >= 4 is 17.3 Å². The van der Waals surface area contributed by atoms with Crippen LogP contribution in [0.3, 0.4) is 0 Å². The molecule has 0 unspecified atom stereocenters. The minimum absolute atomic E-state index is 0.0298. The van der Waals surface area contributed by atoms with Gasteiger partial charge in [0, 0.05) is 25.2 Å². The van der Waals surface area contributed by atoms with Gasteiger partial charge >= 0.3 is 6.18 Å². The van der Waals surface area contributed by atoms with Gasteiger partial charge in [-0.1, -0.05) is 6.07 Å². The van der Waals surface area contributed by atoms with E-state index in [1.165, 1.54) is 12.1 Å². The van der Waals surface area contributed by atoms with E-state index in [4.69, 9.17) is 4.74 Å². The zero-order valence-corrected chi connectivity index (χ0v) is 16.6. The molecule has 0 aliphatic rings. The summed E-state index contributed by atoms with van der Waals surface area (Å²) >= 11 is 0. The minimum atomic E-state index is -4.68. The number of rotatable bonds is 5. The van der Waals surface area contributed by atoms with Crippen molar-refractivity contribution in [1.29, 1.82) is 0 Å². The number of halogens is 3. The highest BCUT2D eigenvalue weighted by Gasteiger charge is 2.35. The summed E-state index contributed by atoms with van der Waals surface area (Å²) < 4.78 is 45.0. The molecule has 8 nitrogen and oxygen atoms in total. The number of nitro benzene ring substituents is 1. The maximum absolute atomic E-state index is 12.9. The molecule has 0 bridgehead atoms. The van der Waals surface area contributed by atoms with Crippen molar-refractivity contribution in [3.63, 3.8) is 0 Å². The van der Waals surface area contributed by atoms with Gasteiger partial charge in [0.05, 0.1) is 16.7 Å². The second kappa shape index (κ2) is 8.09. The third-order valence-corrected chi connectivity index (χ3v) is 4.19. The van der Waals surface area contributed by atoms with E-state index in [1.807, 2.05) is 19.9 Å². The van der Waals surface area contributed by atoms with E-state index < -0.39 is 28.4 Å². The second-order valence-electron chi connectivity index (χ2n) is 6.89. The van der Waals surface area contributed by atoms with E-state index in [-0.39, 0.29) is 17.1 Å². The Bertz CT molecular complexity index is 1150. The lowest BCUT2D eigenvalue weighted by Gasteiger charge is -2.10. The maximum atomic E-state index is 12.9. The molecule has 0 radical (unpaired) electrons. The monoisotopic (exact) mass is 434 g/mol. The molecule has 11 heteroatoms. The van der Waals surface area contributed by atoms with Crippen molar-refractivity contribution in [2.75, 3.05) is 5.32 Å². The van der Waals surface area contributed by atoms with Crippen LogP contribution in [0.1, 0.15) is 27.3 Å². The largest absolute Gasteiger partial charge is 0.457 e. The summed E-state index contributed by atoms with van der Waals surface area (Å²) in [6.07, 6.45) is -4.68. The Kier molecular flexibility index (Phi) is 5.69. The molecule has 0 atom stereocenters. The molecule has 1 heterocycles. The fraction of sp³-hybridized carbons (Fsp3) is 0.200. The van der Waals surface area contributed by atoms with Crippen LogP contribution < -0.4 is 10.1 Å². The second-order valence-corrected chi connectivity index (χ2v) is 6.89. The number of alkyl halides is 3. The number of anilines is 1. The number of nitro groups is 1. The molecule has 0 saturated carbocycles. The highest BCUT2D eigenvalue weighted by Crippen LogP contribution is 2.32. The van der Waals surface area contributed by atoms with Gasteiger partial charge in [-0.2, -0.15) is 18.3 Å². The molecule has 162 valence electrons. The molecule has 1 N–H and O–H groups in total. The quantitative estimate of drug-likeness (QED) is 0.450. The molecule has 3 rings (SSSR count). The van der Waals surface area contributed by atoms with Gasteiger partial charge in [0.2, 0.25) is 0 Å². The van der Waals surface area contributed by atoms with Crippen LogP contribution in [-0.4, -0.2) is 20.6 Å². The molecular weight excluding hydrogens is 417 g/mol. The van der Waals surface area contributed by atoms with Crippen LogP contribution >= 0.6 is 0 Å². The number of amides is 1. The molecule has 0 fully saturated rings. The lowest BCUT2D eigenvalue weighted by Crippen LogP contribution is -2.13. The summed E-state index contributed by atoms with van der Waals surface area (Å²) in [5.74, 6) is -0.440. The zero-order chi connectivity index (χ0) is 22.9. The molecule has 0 aliphatic heterocycles. The third-order valence-electron chi connectivity index (χ3n) is 4.19. The first-order chi connectivity index (χ1) is 14.4. The van der Waals surface area contributed by atoms with E-state index in [1.54, 1.807) is 12.1 Å². The number of non-ortho nitro benzene ring substituents is 1. The molecule has 1 aromatic heterocycles. The van der Waals surface area contributed by atoms with Gasteiger partial charge in [-0.25, -0.2) is 0 Å². The number of nitrogens with one attached hydrogen (secondary N) is 1. The van der Waals surface area contributed by atoms with Crippen molar-refractivity contribution in [2.45, 2.75) is 20.0 Å². The standard InChI is InChI=1S/C20H17F3N4O4/c1-11-4-12(2)6-15(5-11)31-16-8-13(7-14(9-16)27(29)30)24-19(28)17-10-18(20(21,22)23)26(3)25-17/h4-10H,1-3H3,(H,24,28). The van der Waals surface area contributed by atoms with Crippen LogP contribution in [0.15, 0.2) is 42.5 Å². The summed E-state index contributed by atoms with van der Waals surface area (Å²) in [4.78, 5) is 23.0. The van der Waals surface area contributed by atoms with Crippen LogP contribution in [0.5, 0.6) is 11.5 Å². The summed E-state index contributed by atoms with van der Waals surface area (Å²) in [6.45, 7) is 3.72. The van der Waals surface area contributed by atoms with Gasteiger partial charge in [-0.05, 0) is 37.1 Å². The number of carbonyl (C=O) groups excluding carboxylic acids is 1. The van der Waals surface area contributed by atoms with E-state index >= 15 is 0 Å². The lowest BCUT2D eigenvalue weighted by atomic mass is 10.1. The van der Waals surface area contributed by atoms with Crippen LogP contribution in [0.25, 0.3) is 0 Å². The molecular formula is C20H17F3N4O4.